The van der Waals surface area contributed by atoms with Crippen molar-refractivity contribution < 1.29 is 4.74 Å². The van der Waals surface area contributed by atoms with Crippen LogP contribution in [0.4, 0.5) is 0 Å². The van der Waals surface area contributed by atoms with Crippen molar-refractivity contribution in [3.63, 3.8) is 0 Å². The maximum atomic E-state index is 6.01. The summed E-state index contributed by atoms with van der Waals surface area (Å²) in [4.78, 5) is 2.37. The van der Waals surface area contributed by atoms with Gasteiger partial charge in [-0.25, -0.2) is 0 Å². The summed E-state index contributed by atoms with van der Waals surface area (Å²) in [7, 11) is 2.18. The zero-order valence-corrected chi connectivity index (χ0v) is 13.1. The molecule has 0 saturated carbocycles. The highest BCUT2D eigenvalue weighted by Crippen LogP contribution is 2.14. The highest BCUT2D eigenvalue weighted by atomic mass is 16.5. The van der Waals surface area contributed by atoms with Gasteiger partial charge in [0.1, 0.15) is 0 Å². The van der Waals surface area contributed by atoms with Crippen molar-refractivity contribution in [2.24, 2.45) is 0 Å². The van der Waals surface area contributed by atoms with Gasteiger partial charge in [-0.15, -0.1) is 0 Å². The molecule has 2 atom stereocenters. The molecule has 2 unspecified atom stereocenters. The molecule has 3 nitrogen and oxygen atoms in total. The van der Waals surface area contributed by atoms with Crippen LogP contribution in [-0.2, 0) is 11.2 Å². The Bertz CT molecular complexity index is 408. The number of ether oxygens (including phenoxy) is 1. The maximum absolute atomic E-state index is 6.01. The molecular weight excluding hydrogens is 248 g/mol. The molecule has 1 aliphatic rings. The molecule has 2 rings (SSSR count). The van der Waals surface area contributed by atoms with Crippen LogP contribution in [0, 0.1) is 6.92 Å². The van der Waals surface area contributed by atoms with Gasteiger partial charge in [-0.1, -0.05) is 36.8 Å². The van der Waals surface area contributed by atoms with E-state index >= 15 is 0 Å². The van der Waals surface area contributed by atoms with E-state index in [2.05, 4.69) is 55.4 Å². The van der Waals surface area contributed by atoms with Crippen LogP contribution >= 0.6 is 0 Å². The van der Waals surface area contributed by atoms with Gasteiger partial charge in [-0.3, -0.25) is 0 Å². The average Bonchev–Trinajstić information content (AvgIpc) is 2.43. The van der Waals surface area contributed by atoms with Crippen molar-refractivity contribution in [1.29, 1.82) is 0 Å². The third kappa shape index (κ3) is 4.58. The van der Waals surface area contributed by atoms with Gasteiger partial charge in [0.15, 0.2) is 0 Å². The first kappa shape index (κ1) is 15.5. The van der Waals surface area contributed by atoms with Crippen molar-refractivity contribution in [3.05, 3.63) is 35.4 Å². The van der Waals surface area contributed by atoms with Crippen LogP contribution in [0.5, 0.6) is 0 Å². The molecule has 1 aromatic rings. The van der Waals surface area contributed by atoms with E-state index < -0.39 is 0 Å². The molecule has 1 saturated heterocycles. The maximum Gasteiger partial charge on any atom is 0.0858 e. The molecule has 0 aromatic heterocycles. The average molecular weight is 276 g/mol. The van der Waals surface area contributed by atoms with Crippen LogP contribution < -0.4 is 5.32 Å². The Labute approximate surface area is 123 Å². The number of aryl methyl sites for hydroxylation is 1. The Kier molecular flexibility index (Phi) is 6.02. The summed E-state index contributed by atoms with van der Waals surface area (Å²) in [5.41, 5.74) is 2.73. The Morgan fingerprint density at radius 2 is 2.30 bits per heavy atom. The summed E-state index contributed by atoms with van der Waals surface area (Å²) >= 11 is 0. The monoisotopic (exact) mass is 276 g/mol. The number of nitrogens with zero attached hydrogens (tertiary/aromatic N) is 1. The van der Waals surface area contributed by atoms with E-state index in [1.807, 2.05) is 0 Å². The lowest BCUT2D eigenvalue weighted by atomic mass is 9.98. The van der Waals surface area contributed by atoms with Crippen LogP contribution in [0.25, 0.3) is 0 Å². The molecule has 0 amide bonds. The Hall–Kier alpha value is -0.900. The zero-order chi connectivity index (χ0) is 14.4. The lowest BCUT2D eigenvalue weighted by Gasteiger charge is -2.35. The lowest BCUT2D eigenvalue weighted by Crippen LogP contribution is -2.52. The number of benzene rings is 1. The standard InChI is InChI=1S/C17H28N2O/c1-4-8-18-16(17-13-19(3)9-10-20-17)12-15-7-5-6-14(2)11-15/h5-7,11,16-18H,4,8-10,12-13H2,1-3H3. The van der Waals surface area contributed by atoms with E-state index in [-0.39, 0.29) is 0 Å². The number of morpholine rings is 1. The molecule has 0 aliphatic carbocycles. The minimum absolute atomic E-state index is 0.292. The molecule has 0 bridgehead atoms. The summed E-state index contributed by atoms with van der Waals surface area (Å²) in [6, 6.07) is 9.21. The quantitative estimate of drug-likeness (QED) is 0.862. The van der Waals surface area contributed by atoms with Gasteiger partial charge in [0.05, 0.1) is 12.7 Å². The van der Waals surface area contributed by atoms with Gasteiger partial charge in [-0.2, -0.15) is 0 Å². The zero-order valence-electron chi connectivity index (χ0n) is 13.1. The SMILES string of the molecule is CCCNC(Cc1cccc(C)c1)C1CN(C)CCO1. The molecule has 3 heteroatoms. The fourth-order valence-electron chi connectivity index (χ4n) is 2.81. The van der Waals surface area contributed by atoms with Gasteiger partial charge in [0.2, 0.25) is 0 Å². The molecule has 1 aromatic carbocycles. The third-order valence-corrected chi connectivity index (χ3v) is 3.94. The highest BCUT2D eigenvalue weighted by Gasteiger charge is 2.26. The normalized spacial score (nSPS) is 21.9. The topological polar surface area (TPSA) is 24.5 Å². The minimum Gasteiger partial charge on any atom is -0.374 e. The van der Waals surface area contributed by atoms with Gasteiger partial charge in [-0.05, 0) is 38.9 Å². The number of hydrogen-bond donors (Lipinski definition) is 1. The van der Waals surface area contributed by atoms with E-state index in [0.717, 1.165) is 39.1 Å². The largest absolute Gasteiger partial charge is 0.374 e. The molecule has 1 N–H and O–H groups in total. The first-order valence-electron chi connectivity index (χ1n) is 7.78. The van der Waals surface area contributed by atoms with Crippen LogP contribution in [0.2, 0.25) is 0 Å². The predicted octanol–water partition coefficient (Wildman–Crippen LogP) is 2.24. The molecule has 20 heavy (non-hydrogen) atoms. The molecule has 0 radical (unpaired) electrons. The van der Waals surface area contributed by atoms with Gasteiger partial charge < -0.3 is 15.0 Å². The number of nitrogens with one attached hydrogen (secondary N) is 1. The third-order valence-electron chi connectivity index (χ3n) is 3.94. The predicted molar refractivity (Wildman–Crippen MR) is 84.2 cm³/mol. The van der Waals surface area contributed by atoms with Crippen LogP contribution in [0.1, 0.15) is 24.5 Å². The van der Waals surface area contributed by atoms with Crippen molar-refractivity contribution >= 4 is 0 Å². The minimum atomic E-state index is 0.292. The summed E-state index contributed by atoms with van der Waals surface area (Å²) < 4.78 is 6.01. The molecule has 0 spiro atoms. The van der Waals surface area contributed by atoms with Gasteiger partial charge >= 0.3 is 0 Å². The van der Waals surface area contributed by atoms with Crippen molar-refractivity contribution in [2.45, 2.75) is 38.8 Å². The van der Waals surface area contributed by atoms with Crippen LogP contribution in [-0.4, -0.2) is 50.3 Å². The van der Waals surface area contributed by atoms with Crippen molar-refractivity contribution in [1.82, 2.24) is 10.2 Å². The lowest BCUT2D eigenvalue weighted by molar-refractivity contribution is -0.0383. The van der Waals surface area contributed by atoms with E-state index in [1.165, 1.54) is 11.1 Å². The summed E-state index contributed by atoms with van der Waals surface area (Å²) in [5.74, 6) is 0. The van der Waals surface area contributed by atoms with E-state index in [0.29, 0.717) is 12.1 Å². The first-order valence-corrected chi connectivity index (χ1v) is 7.78. The highest BCUT2D eigenvalue weighted by molar-refractivity contribution is 5.23. The molecule has 1 fully saturated rings. The van der Waals surface area contributed by atoms with E-state index in [9.17, 15) is 0 Å². The number of hydrogen-bond acceptors (Lipinski definition) is 3. The molecule has 1 aliphatic heterocycles. The second-order valence-electron chi connectivity index (χ2n) is 5.93. The Morgan fingerprint density at radius 3 is 3.00 bits per heavy atom. The van der Waals surface area contributed by atoms with Crippen LogP contribution in [0.3, 0.4) is 0 Å². The van der Waals surface area contributed by atoms with Crippen molar-refractivity contribution in [2.75, 3.05) is 33.3 Å². The Balaban J connectivity index is 2.02. The first-order chi connectivity index (χ1) is 9.69. The number of rotatable bonds is 6. The summed E-state index contributed by atoms with van der Waals surface area (Å²) in [6.07, 6.45) is 2.49. The van der Waals surface area contributed by atoms with Crippen molar-refractivity contribution in [3.8, 4) is 0 Å². The Morgan fingerprint density at radius 1 is 1.45 bits per heavy atom. The molecule has 112 valence electrons. The van der Waals surface area contributed by atoms with E-state index in [4.69, 9.17) is 4.74 Å². The summed E-state index contributed by atoms with van der Waals surface area (Å²) in [5, 5.41) is 3.68. The fourth-order valence-corrected chi connectivity index (χ4v) is 2.81. The summed E-state index contributed by atoms with van der Waals surface area (Å²) in [6.45, 7) is 8.33. The molecule has 1 heterocycles. The van der Waals surface area contributed by atoms with Gasteiger partial charge in [0.25, 0.3) is 0 Å². The van der Waals surface area contributed by atoms with Crippen LogP contribution in [0.15, 0.2) is 24.3 Å². The smallest absolute Gasteiger partial charge is 0.0858 e. The second kappa shape index (κ2) is 7.77. The van der Waals surface area contributed by atoms with E-state index in [1.54, 1.807) is 0 Å². The molecular formula is C17H28N2O. The van der Waals surface area contributed by atoms with Gasteiger partial charge in [0, 0.05) is 19.1 Å². The second-order valence-corrected chi connectivity index (χ2v) is 5.93. The number of likely N-dealkylation sites (N-methyl/N-ethyl adjacent to an activating group) is 1. The fraction of sp³-hybridized carbons (Fsp3) is 0.647.